The molecule has 3 aromatic rings. The predicted molar refractivity (Wildman–Crippen MR) is 102 cm³/mol. The van der Waals surface area contributed by atoms with Crippen LogP contribution in [0.4, 0.5) is 0 Å². The minimum Gasteiger partial charge on any atom is -0.490 e. The zero-order valence-corrected chi connectivity index (χ0v) is 15.6. The van der Waals surface area contributed by atoms with Crippen molar-refractivity contribution in [3.63, 3.8) is 0 Å². The Labute approximate surface area is 162 Å². The molecule has 0 saturated heterocycles. The summed E-state index contributed by atoms with van der Waals surface area (Å²) in [5, 5.41) is 0. The fourth-order valence-electron chi connectivity index (χ4n) is 3.65. The molecule has 1 aliphatic carbocycles. The van der Waals surface area contributed by atoms with E-state index in [9.17, 15) is 9.59 Å². The summed E-state index contributed by atoms with van der Waals surface area (Å²) in [5.74, 6) is 1.03. The molecule has 0 aliphatic heterocycles. The molecule has 1 aliphatic rings. The van der Waals surface area contributed by atoms with E-state index in [-0.39, 0.29) is 24.9 Å². The van der Waals surface area contributed by atoms with Crippen molar-refractivity contribution in [3.05, 3.63) is 77.0 Å². The average Bonchev–Trinajstić information content (AvgIpc) is 3.34. The summed E-state index contributed by atoms with van der Waals surface area (Å²) in [6.07, 6.45) is 2.61. The van der Waals surface area contributed by atoms with Gasteiger partial charge in [-0.3, -0.25) is 4.79 Å². The van der Waals surface area contributed by atoms with E-state index in [1.165, 1.54) is 0 Å². The highest BCUT2D eigenvalue weighted by atomic mass is 16.6. The number of furan rings is 1. The first-order valence-corrected chi connectivity index (χ1v) is 9.26. The number of ketones is 1. The Morgan fingerprint density at radius 2 is 1.96 bits per heavy atom. The third-order valence-electron chi connectivity index (χ3n) is 4.97. The van der Waals surface area contributed by atoms with Crippen molar-refractivity contribution in [2.24, 2.45) is 0 Å². The summed E-state index contributed by atoms with van der Waals surface area (Å²) in [6, 6.07) is 13.0. The number of benzene rings is 1. The Morgan fingerprint density at radius 3 is 2.71 bits per heavy atom. The van der Waals surface area contributed by atoms with Crippen LogP contribution in [0, 0.1) is 6.92 Å². The molecule has 0 bridgehead atoms. The summed E-state index contributed by atoms with van der Waals surface area (Å²) < 4.78 is 16.3. The first-order valence-electron chi connectivity index (χ1n) is 9.26. The molecule has 0 saturated carbocycles. The van der Waals surface area contributed by atoms with Crippen LogP contribution in [0.1, 0.15) is 50.2 Å². The molecule has 2 aromatic heterocycles. The van der Waals surface area contributed by atoms with Crippen molar-refractivity contribution in [3.8, 4) is 5.75 Å². The number of rotatable bonds is 6. The number of hydrogen-bond donors (Lipinski definition) is 1. The molecular formula is C22H21NO5. The molecule has 0 spiro atoms. The average molecular weight is 379 g/mol. The van der Waals surface area contributed by atoms with Gasteiger partial charge in [-0.05, 0) is 43.2 Å². The Bertz CT molecular complexity index is 972. The van der Waals surface area contributed by atoms with E-state index in [1.54, 1.807) is 13.2 Å². The Balaban J connectivity index is 1.41. The van der Waals surface area contributed by atoms with Gasteiger partial charge in [0.05, 0.1) is 6.26 Å². The molecule has 0 unspecified atom stereocenters. The van der Waals surface area contributed by atoms with E-state index in [4.69, 9.17) is 13.9 Å². The summed E-state index contributed by atoms with van der Waals surface area (Å²) in [4.78, 5) is 28.2. The van der Waals surface area contributed by atoms with Crippen LogP contribution in [0.15, 0.2) is 53.1 Å². The summed E-state index contributed by atoms with van der Waals surface area (Å²) in [7, 11) is 0. The maximum Gasteiger partial charge on any atom is 0.355 e. The van der Waals surface area contributed by atoms with Crippen molar-refractivity contribution in [1.29, 1.82) is 0 Å². The van der Waals surface area contributed by atoms with Gasteiger partial charge in [0.15, 0.2) is 5.78 Å². The molecule has 28 heavy (non-hydrogen) atoms. The number of aromatic amines is 1. The second-order valence-corrected chi connectivity index (χ2v) is 6.82. The molecule has 6 nitrogen and oxygen atoms in total. The van der Waals surface area contributed by atoms with Gasteiger partial charge in [-0.15, -0.1) is 0 Å². The number of para-hydroxylation sites is 1. The zero-order chi connectivity index (χ0) is 19.5. The minimum atomic E-state index is -0.481. The molecule has 6 heteroatoms. The lowest BCUT2D eigenvalue weighted by molar-refractivity contribution is 0.0443. The fourth-order valence-corrected chi connectivity index (χ4v) is 3.65. The van der Waals surface area contributed by atoms with Gasteiger partial charge in [-0.2, -0.15) is 0 Å². The van der Waals surface area contributed by atoms with Gasteiger partial charge in [0, 0.05) is 23.6 Å². The van der Waals surface area contributed by atoms with E-state index in [0.717, 1.165) is 17.2 Å². The number of nitrogens with one attached hydrogen (secondary N) is 1. The van der Waals surface area contributed by atoms with Gasteiger partial charge < -0.3 is 18.9 Å². The topological polar surface area (TPSA) is 81.5 Å². The second-order valence-electron chi connectivity index (χ2n) is 6.82. The van der Waals surface area contributed by atoms with Crippen LogP contribution in [-0.4, -0.2) is 30.0 Å². The summed E-state index contributed by atoms with van der Waals surface area (Å²) in [6.45, 7) is 2.16. The first kappa shape index (κ1) is 18.1. The van der Waals surface area contributed by atoms with Crippen molar-refractivity contribution in [1.82, 2.24) is 4.98 Å². The van der Waals surface area contributed by atoms with E-state index in [2.05, 4.69) is 4.98 Å². The quantitative estimate of drug-likeness (QED) is 0.516. The lowest BCUT2D eigenvalue weighted by Gasteiger charge is -2.19. The molecule has 1 N–H and O–H groups in total. The molecule has 0 radical (unpaired) electrons. The lowest BCUT2D eigenvalue weighted by Crippen LogP contribution is -2.18. The molecule has 144 valence electrons. The van der Waals surface area contributed by atoms with Gasteiger partial charge >= 0.3 is 5.97 Å². The summed E-state index contributed by atoms with van der Waals surface area (Å²) >= 11 is 0. The third kappa shape index (κ3) is 3.58. The number of carbonyl (C=O) groups is 2. The number of hydrogen-bond acceptors (Lipinski definition) is 5. The fraction of sp³-hybridized carbons (Fsp3) is 0.273. The number of fused-ring (bicyclic) bond motifs is 1. The third-order valence-corrected chi connectivity index (χ3v) is 4.97. The molecule has 0 amide bonds. The van der Waals surface area contributed by atoms with E-state index >= 15 is 0 Å². The number of esters is 1. The van der Waals surface area contributed by atoms with Crippen LogP contribution < -0.4 is 4.74 Å². The monoisotopic (exact) mass is 379 g/mol. The largest absolute Gasteiger partial charge is 0.490 e. The van der Waals surface area contributed by atoms with Gasteiger partial charge in [-0.25, -0.2) is 4.79 Å². The zero-order valence-electron chi connectivity index (χ0n) is 15.6. The smallest absolute Gasteiger partial charge is 0.355 e. The first-order chi connectivity index (χ1) is 13.6. The van der Waals surface area contributed by atoms with Gasteiger partial charge in [-0.1, -0.05) is 18.2 Å². The normalized spacial score (nSPS) is 15.9. The van der Waals surface area contributed by atoms with Crippen LogP contribution >= 0.6 is 0 Å². The molecular weight excluding hydrogens is 358 g/mol. The van der Waals surface area contributed by atoms with Gasteiger partial charge in [0.2, 0.25) is 0 Å². The van der Waals surface area contributed by atoms with Gasteiger partial charge in [0.1, 0.15) is 30.4 Å². The SMILES string of the molecule is Cc1c(C(=O)OCCOc2ccccc2)[nH]c2c1C(=O)C[C@H](c1ccco1)C2. The van der Waals surface area contributed by atoms with Crippen LogP contribution in [0.25, 0.3) is 0 Å². The standard InChI is InChI=1S/C22H21NO5/c1-14-20-17(12-15(13-18(20)24)19-8-5-9-27-19)23-21(14)22(25)28-11-10-26-16-6-3-2-4-7-16/h2-9,15,23H,10-13H2,1H3/t15-/m1/s1. The molecule has 1 aromatic carbocycles. The van der Waals surface area contributed by atoms with E-state index in [1.807, 2.05) is 42.5 Å². The molecule has 2 heterocycles. The van der Waals surface area contributed by atoms with Crippen LogP contribution in [0.5, 0.6) is 5.75 Å². The minimum absolute atomic E-state index is 0.0165. The highest BCUT2D eigenvalue weighted by Gasteiger charge is 2.33. The highest BCUT2D eigenvalue weighted by Crippen LogP contribution is 2.35. The van der Waals surface area contributed by atoms with E-state index < -0.39 is 5.97 Å². The van der Waals surface area contributed by atoms with Crippen LogP contribution in [-0.2, 0) is 11.2 Å². The Hall–Kier alpha value is -3.28. The number of H-pyrrole nitrogens is 1. The number of carbonyl (C=O) groups excluding carboxylic acids is 2. The lowest BCUT2D eigenvalue weighted by atomic mass is 9.84. The van der Waals surface area contributed by atoms with Crippen LogP contribution in [0.2, 0.25) is 0 Å². The highest BCUT2D eigenvalue weighted by molar-refractivity contribution is 6.03. The van der Waals surface area contributed by atoms with Crippen molar-refractivity contribution < 1.29 is 23.5 Å². The summed E-state index contributed by atoms with van der Waals surface area (Å²) in [5.41, 5.74) is 2.35. The number of aromatic nitrogens is 1. The Kier molecular flexibility index (Phi) is 5.02. The van der Waals surface area contributed by atoms with Crippen molar-refractivity contribution in [2.75, 3.05) is 13.2 Å². The predicted octanol–water partition coefficient (Wildman–Crippen LogP) is 4.06. The number of ether oxygens (including phenoxy) is 2. The number of Topliss-reactive ketones (excluding diaryl/α,β-unsaturated/α-hetero) is 1. The Morgan fingerprint density at radius 1 is 1.14 bits per heavy atom. The maximum absolute atomic E-state index is 12.6. The van der Waals surface area contributed by atoms with Crippen LogP contribution in [0.3, 0.4) is 0 Å². The van der Waals surface area contributed by atoms with Crippen molar-refractivity contribution >= 4 is 11.8 Å². The maximum atomic E-state index is 12.6. The molecule has 4 rings (SSSR count). The van der Waals surface area contributed by atoms with Gasteiger partial charge in [0.25, 0.3) is 0 Å². The van der Waals surface area contributed by atoms with Crippen molar-refractivity contribution in [2.45, 2.75) is 25.7 Å². The molecule has 1 atom stereocenters. The van der Waals surface area contributed by atoms with E-state index in [0.29, 0.717) is 29.7 Å². The molecule has 0 fully saturated rings. The second kappa shape index (κ2) is 7.76.